The van der Waals surface area contributed by atoms with Crippen LogP contribution < -0.4 is 10.5 Å². The standard InChI is InChI=1S/C13H10ClN5O2/c1-7-10(14)18-13-16-6-17-19(13)12(7)21-9-4-2-8(3-5-9)11(15)20/h2-6H,1H3,(H2,15,20). The summed E-state index contributed by atoms with van der Waals surface area (Å²) in [6, 6.07) is 6.43. The summed E-state index contributed by atoms with van der Waals surface area (Å²) in [5.74, 6) is 0.772. The van der Waals surface area contributed by atoms with E-state index in [1.54, 1.807) is 31.2 Å². The largest absolute Gasteiger partial charge is 0.438 e. The maximum absolute atomic E-state index is 11.0. The minimum Gasteiger partial charge on any atom is -0.438 e. The number of halogens is 1. The van der Waals surface area contributed by atoms with Crippen molar-refractivity contribution in [2.45, 2.75) is 6.92 Å². The molecule has 0 aliphatic heterocycles. The Labute approximate surface area is 124 Å². The number of rotatable bonds is 3. The number of carbonyl (C=O) groups is 1. The van der Waals surface area contributed by atoms with Gasteiger partial charge in [0.05, 0.1) is 0 Å². The fraction of sp³-hybridized carbons (Fsp3) is 0.0769. The number of hydrogen-bond donors (Lipinski definition) is 1. The molecule has 0 unspecified atom stereocenters. The van der Waals surface area contributed by atoms with E-state index in [0.29, 0.717) is 33.7 Å². The van der Waals surface area contributed by atoms with Crippen molar-refractivity contribution in [1.82, 2.24) is 19.6 Å². The van der Waals surface area contributed by atoms with Crippen LogP contribution in [0, 0.1) is 6.92 Å². The van der Waals surface area contributed by atoms with E-state index in [0.717, 1.165) is 0 Å². The van der Waals surface area contributed by atoms with E-state index >= 15 is 0 Å². The number of nitrogens with zero attached hydrogens (tertiary/aromatic N) is 4. The molecule has 0 saturated carbocycles. The number of hydrogen-bond acceptors (Lipinski definition) is 5. The third-order valence-electron chi connectivity index (χ3n) is 2.90. The summed E-state index contributed by atoms with van der Waals surface area (Å²) in [6.07, 6.45) is 1.36. The number of ether oxygens (including phenoxy) is 1. The number of fused-ring (bicyclic) bond motifs is 1. The van der Waals surface area contributed by atoms with Crippen molar-refractivity contribution in [1.29, 1.82) is 0 Å². The van der Waals surface area contributed by atoms with Crippen LogP contribution in [0.25, 0.3) is 5.78 Å². The highest BCUT2D eigenvalue weighted by Gasteiger charge is 2.14. The Hall–Kier alpha value is -2.67. The van der Waals surface area contributed by atoms with Crippen LogP contribution in [0.15, 0.2) is 30.6 Å². The summed E-state index contributed by atoms with van der Waals surface area (Å²) in [7, 11) is 0. The van der Waals surface area contributed by atoms with E-state index in [2.05, 4.69) is 15.1 Å². The van der Waals surface area contributed by atoms with Gasteiger partial charge in [-0.2, -0.15) is 19.6 Å². The highest BCUT2D eigenvalue weighted by atomic mass is 35.5. The molecule has 0 radical (unpaired) electrons. The van der Waals surface area contributed by atoms with Crippen LogP contribution in [-0.2, 0) is 0 Å². The first kappa shape index (κ1) is 13.3. The lowest BCUT2D eigenvalue weighted by molar-refractivity contribution is 0.100. The van der Waals surface area contributed by atoms with E-state index in [1.807, 2.05) is 0 Å². The van der Waals surface area contributed by atoms with Crippen LogP contribution in [0.2, 0.25) is 5.15 Å². The maximum atomic E-state index is 11.0. The topological polar surface area (TPSA) is 95.4 Å². The monoisotopic (exact) mass is 303 g/mol. The molecule has 2 aromatic heterocycles. The Morgan fingerprint density at radius 1 is 1.33 bits per heavy atom. The van der Waals surface area contributed by atoms with Gasteiger partial charge in [0.15, 0.2) is 0 Å². The molecule has 8 heteroatoms. The Bertz CT molecular complexity index is 828. The lowest BCUT2D eigenvalue weighted by atomic mass is 10.2. The molecule has 0 fully saturated rings. The van der Waals surface area contributed by atoms with Gasteiger partial charge in [0.2, 0.25) is 11.8 Å². The second-order valence-corrected chi connectivity index (χ2v) is 4.65. The first-order valence-corrected chi connectivity index (χ1v) is 6.37. The Balaban J connectivity index is 2.03. The van der Waals surface area contributed by atoms with Crippen LogP contribution in [0.3, 0.4) is 0 Å². The van der Waals surface area contributed by atoms with Gasteiger partial charge in [-0.15, -0.1) is 0 Å². The number of amides is 1. The molecule has 106 valence electrons. The Kier molecular flexibility index (Phi) is 3.19. The van der Waals surface area contributed by atoms with Gasteiger partial charge < -0.3 is 10.5 Å². The third-order valence-corrected chi connectivity index (χ3v) is 3.27. The summed E-state index contributed by atoms with van der Waals surface area (Å²) >= 11 is 6.05. The highest BCUT2D eigenvalue weighted by molar-refractivity contribution is 6.30. The van der Waals surface area contributed by atoms with Crippen molar-refractivity contribution in [3.05, 3.63) is 46.9 Å². The average Bonchev–Trinajstić information content (AvgIpc) is 2.92. The minimum atomic E-state index is -0.497. The predicted octanol–water partition coefficient (Wildman–Crippen LogP) is 1.98. The van der Waals surface area contributed by atoms with Crippen LogP contribution in [0.5, 0.6) is 11.6 Å². The number of benzene rings is 1. The summed E-state index contributed by atoms with van der Waals surface area (Å²) in [4.78, 5) is 19.1. The molecule has 21 heavy (non-hydrogen) atoms. The summed E-state index contributed by atoms with van der Waals surface area (Å²) in [5.41, 5.74) is 6.23. The lowest BCUT2D eigenvalue weighted by Gasteiger charge is -2.10. The van der Waals surface area contributed by atoms with Gasteiger partial charge in [0, 0.05) is 11.1 Å². The average molecular weight is 304 g/mol. The van der Waals surface area contributed by atoms with E-state index in [1.165, 1.54) is 10.8 Å². The minimum absolute atomic E-state index is 0.291. The molecule has 1 amide bonds. The van der Waals surface area contributed by atoms with Crippen molar-refractivity contribution in [2.75, 3.05) is 0 Å². The molecule has 0 saturated heterocycles. The molecule has 7 nitrogen and oxygen atoms in total. The normalized spacial score (nSPS) is 10.8. The smallest absolute Gasteiger partial charge is 0.256 e. The maximum Gasteiger partial charge on any atom is 0.256 e. The van der Waals surface area contributed by atoms with Crippen LogP contribution in [-0.4, -0.2) is 25.5 Å². The van der Waals surface area contributed by atoms with Crippen LogP contribution >= 0.6 is 11.6 Å². The van der Waals surface area contributed by atoms with Gasteiger partial charge in [0.1, 0.15) is 17.2 Å². The van der Waals surface area contributed by atoms with Crippen LogP contribution in [0.4, 0.5) is 0 Å². The molecule has 0 spiro atoms. The second-order valence-electron chi connectivity index (χ2n) is 4.30. The Morgan fingerprint density at radius 2 is 2.05 bits per heavy atom. The summed E-state index contributed by atoms with van der Waals surface area (Å²) < 4.78 is 7.23. The van der Waals surface area contributed by atoms with Gasteiger partial charge in [-0.05, 0) is 31.2 Å². The van der Waals surface area contributed by atoms with Gasteiger partial charge >= 0.3 is 0 Å². The molecule has 0 bridgehead atoms. The molecule has 2 heterocycles. The zero-order chi connectivity index (χ0) is 15.0. The van der Waals surface area contributed by atoms with E-state index in [9.17, 15) is 4.79 Å². The summed E-state index contributed by atoms with van der Waals surface area (Å²) in [6.45, 7) is 1.77. The number of primary amides is 1. The number of nitrogens with two attached hydrogens (primary N) is 1. The number of aromatic nitrogens is 4. The van der Waals surface area contributed by atoms with Gasteiger partial charge in [-0.3, -0.25) is 4.79 Å². The molecular weight excluding hydrogens is 294 g/mol. The predicted molar refractivity (Wildman–Crippen MR) is 75.6 cm³/mol. The highest BCUT2D eigenvalue weighted by Crippen LogP contribution is 2.28. The van der Waals surface area contributed by atoms with Crippen molar-refractivity contribution < 1.29 is 9.53 Å². The van der Waals surface area contributed by atoms with Crippen molar-refractivity contribution in [2.24, 2.45) is 5.73 Å². The summed E-state index contributed by atoms with van der Waals surface area (Å²) in [5, 5.41) is 4.34. The zero-order valence-electron chi connectivity index (χ0n) is 10.9. The third kappa shape index (κ3) is 2.38. The fourth-order valence-electron chi connectivity index (χ4n) is 1.79. The lowest BCUT2D eigenvalue weighted by Crippen LogP contribution is -2.10. The molecular formula is C13H10ClN5O2. The molecule has 0 aliphatic carbocycles. The number of carbonyl (C=O) groups excluding carboxylic acids is 1. The van der Waals surface area contributed by atoms with Gasteiger partial charge in [-0.25, -0.2) is 0 Å². The molecule has 0 aliphatic rings. The van der Waals surface area contributed by atoms with Crippen molar-refractivity contribution in [3.63, 3.8) is 0 Å². The van der Waals surface area contributed by atoms with Crippen LogP contribution in [0.1, 0.15) is 15.9 Å². The van der Waals surface area contributed by atoms with E-state index in [-0.39, 0.29) is 0 Å². The van der Waals surface area contributed by atoms with Crippen molar-refractivity contribution in [3.8, 4) is 11.6 Å². The molecule has 0 atom stereocenters. The van der Waals surface area contributed by atoms with E-state index in [4.69, 9.17) is 22.1 Å². The zero-order valence-corrected chi connectivity index (χ0v) is 11.7. The SMILES string of the molecule is Cc1c(Cl)nc2ncnn2c1Oc1ccc(C(N)=O)cc1. The quantitative estimate of drug-likeness (QED) is 0.746. The molecule has 2 N–H and O–H groups in total. The molecule has 3 rings (SSSR count). The first-order valence-electron chi connectivity index (χ1n) is 6.00. The van der Waals surface area contributed by atoms with E-state index < -0.39 is 5.91 Å². The van der Waals surface area contributed by atoms with Gasteiger partial charge in [0.25, 0.3) is 5.78 Å². The van der Waals surface area contributed by atoms with Gasteiger partial charge in [-0.1, -0.05) is 11.6 Å². The molecule has 1 aromatic carbocycles. The fourth-order valence-corrected chi connectivity index (χ4v) is 1.95. The van der Waals surface area contributed by atoms with Crippen molar-refractivity contribution >= 4 is 23.3 Å². The first-order chi connectivity index (χ1) is 10.1. The second kappa shape index (κ2) is 5.02. The molecule has 3 aromatic rings. The Morgan fingerprint density at radius 3 is 2.71 bits per heavy atom.